The van der Waals surface area contributed by atoms with Crippen molar-refractivity contribution in [2.45, 2.75) is 69.0 Å². The average Bonchev–Trinajstić information content (AvgIpc) is 2.63. The van der Waals surface area contributed by atoms with Crippen LogP contribution in [0.2, 0.25) is 0 Å². The number of carbonyl (C=O) groups excluding carboxylic acids is 2. The first-order chi connectivity index (χ1) is 13.1. The van der Waals surface area contributed by atoms with Crippen LogP contribution in [0.25, 0.3) is 0 Å². The third-order valence-corrected chi connectivity index (χ3v) is 4.44. The lowest BCUT2D eigenvalue weighted by atomic mass is 9.97. The Kier molecular flexibility index (Phi) is 8.09. The molecule has 2 saturated heterocycles. The van der Waals surface area contributed by atoms with Crippen LogP contribution in [0.1, 0.15) is 13.8 Å². The SMILES string of the molecule is CC(=O)OCC1O[C@@H](O[C@@H]2C(COC(C)=O)OCC(O)C2O)C(O)C(O)[C@@H]1O. The van der Waals surface area contributed by atoms with Gasteiger partial charge in [-0.1, -0.05) is 0 Å². The molecule has 162 valence electrons. The zero-order valence-corrected chi connectivity index (χ0v) is 15.4. The van der Waals surface area contributed by atoms with Gasteiger partial charge in [-0.25, -0.2) is 0 Å². The zero-order valence-electron chi connectivity index (χ0n) is 15.4. The third-order valence-electron chi connectivity index (χ3n) is 4.44. The van der Waals surface area contributed by atoms with Gasteiger partial charge in [-0.2, -0.15) is 0 Å². The van der Waals surface area contributed by atoms with Crippen LogP contribution in [0.5, 0.6) is 0 Å². The van der Waals surface area contributed by atoms with Gasteiger partial charge in [-0.15, -0.1) is 0 Å². The van der Waals surface area contributed by atoms with Crippen LogP contribution < -0.4 is 0 Å². The second-order valence-electron chi connectivity index (χ2n) is 6.65. The maximum atomic E-state index is 11.0. The minimum atomic E-state index is -1.72. The van der Waals surface area contributed by atoms with Crippen LogP contribution in [0.3, 0.4) is 0 Å². The molecule has 0 spiro atoms. The molecule has 0 aromatic heterocycles. The lowest BCUT2D eigenvalue weighted by Crippen LogP contribution is -2.63. The molecule has 0 amide bonds. The second-order valence-corrected chi connectivity index (χ2v) is 6.65. The average molecular weight is 410 g/mol. The highest BCUT2D eigenvalue weighted by molar-refractivity contribution is 5.66. The molecule has 5 N–H and O–H groups in total. The first kappa shape index (κ1) is 22.9. The maximum Gasteiger partial charge on any atom is 0.302 e. The standard InChI is InChI=1S/C16H26O12/c1-6(17)24-4-9-12(21)13(22)14(23)16(27-9)28-15-10(5-25-7(2)18)26-3-8(19)11(15)20/h8-16,19-23H,3-5H2,1-2H3/t8?,9?,10?,11?,12-,13?,14?,15-,16+/m1/s1. The highest BCUT2D eigenvalue weighted by Crippen LogP contribution is 2.27. The van der Waals surface area contributed by atoms with E-state index in [0.717, 1.165) is 6.92 Å². The molecule has 9 atom stereocenters. The summed E-state index contributed by atoms with van der Waals surface area (Å²) in [6.45, 7) is 1.37. The Labute approximate surface area is 160 Å². The first-order valence-corrected chi connectivity index (χ1v) is 8.71. The topological polar surface area (TPSA) is 181 Å². The van der Waals surface area contributed by atoms with E-state index in [-0.39, 0.29) is 13.2 Å². The van der Waals surface area contributed by atoms with Gasteiger partial charge in [-0.05, 0) is 0 Å². The van der Waals surface area contributed by atoms with Gasteiger partial charge >= 0.3 is 11.9 Å². The summed E-state index contributed by atoms with van der Waals surface area (Å²) in [7, 11) is 0. The molecule has 0 bridgehead atoms. The van der Waals surface area contributed by atoms with Gasteiger partial charge < -0.3 is 49.2 Å². The molecule has 12 nitrogen and oxygen atoms in total. The third kappa shape index (κ3) is 5.58. The van der Waals surface area contributed by atoms with E-state index in [1.807, 2.05) is 0 Å². The van der Waals surface area contributed by atoms with Crippen molar-refractivity contribution in [1.29, 1.82) is 0 Å². The van der Waals surface area contributed by atoms with Gasteiger partial charge in [0.1, 0.15) is 62.0 Å². The van der Waals surface area contributed by atoms with Gasteiger partial charge in [0.25, 0.3) is 0 Å². The fourth-order valence-corrected chi connectivity index (χ4v) is 2.89. The Balaban J connectivity index is 2.10. The van der Waals surface area contributed by atoms with Crippen LogP contribution in [-0.4, -0.2) is 112 Å². The summed E-state index contributed by atoms with van der Waals surface area (Å²) in [4.78, 5) is 22.0. The molecule has 6 unspecified atom stereocenters. The number of aliphatic hydroxyl groups excluding tert-OH is 5. The lowest BCUT2D eigenvalue weighted by molar-refractivity contribution is -0.336. The molecule has 2 aliphatic rings. The van der Waals surface area contributed by atoms with Crippen LogP contribution in [0.15, 0.2) is 0 Å². The van der Waals surface area contributed by atoms with Gasteiger partial charge in [0.2, 0.25) is 0 Å². The van der Waals surface area contributed by atoms with Crippen LogP contribution in [0, 0.1) is 0 Å². The Hall–Kier alpha value is -1.38. The highest BCUT2D eigenvalue weighted by Gasteiger charge is 2.49. The van der Waals surface area contributed by atoms with Gasteiger partial charge in [0.15, 0.2) is 6.29 Å². The van der Waals surface area contributed by atoms with E-state index >= 15 is 0 Å². The highest BCUT2D eigenvalue weighted by atomic mass is 16.7. The van der Waals surface area contributed by atoms with E-state index in [4.69, 9.17) is 23.7 Å². The number of carbonyl (C=O) groups is 2. The van der Waals surface area contributed by atoms with Gasteiger partial charge in [-0.3, -0.25) is 9.59 Å². The van der Waals surface area contributed by atoms with Crippen molar-refractivity contribution >= 4 is 11.9 Å². The number of aliphatic hydroxyl groups is 5. The minimum Gasteiger partial charge on any atom is -0.463 e. The summed E-state index contributed by atoms with van der Waals surface area (Å²) in [6, 6.07) is 0. The Bertz CT molecular complexity index is 542. The number of hydrogen-bond acceptors (Lipinski definition) is 12. The quantitative estimate of drug-likeness (QED) is 0.272. The molecule has 0 saturated carbocycles. The fourth-order valence-electron chi connectivity index (χ4n) is 2.89. The van der Waals surface area contributed by atoms with E-state index in [1.165, 1.54) is 6.92 Å². The second kappa shape index (κ2) is 9.89. The monoisotopic (exact) mass is 410 g/mol. The van der Waals surface area contributed by atoms with Crippen molar-refractivity contribution in [3.63, 3.8) is 0 Å². The molecule has 2 rings (SSSR count). The Morgan fingerprint density at radius 1 is 0.857 bits per heavy atom. The van der Waals surface area contributed by atoms with Gasteiger partial charge in [0, 0.05) is 13.8 Å². The largest absolute Gasteiger partial charge is 0.463 e. The van der Waals surface area contributed by atoms with E-state index in [0.29, 0.717) is 0 Å². The van der Waals surface area contributed by atoms with Crippen molar-refractivity contribution in [3.8, 4) is 0 Å². The summed E-state index contributed by atoms with van der Waals surface area (Å²) in [5, 5.41) is 50.2. The maximum absolute atomic E-state index is 11.0. The number of esters is 2. The Morgan fingerprint density at radius 3 is 2.00 bits per heavy atom. The molecular formula is C16H26O12. The number of ether oxygens (including phenoxy) is 5. The minimum absolute atomic E-state index is 0.239. The van der Waals surface area contributed by atoms with Crippen molar-refractivity contribution in [2.24, 2.45) is 0 Å². The summed E-state index contributed by atoms with van der Waals surface area (Å²) >= 11 is 0. The predicted molar refractivity (Wildman–Crippen MR) is 86.6 cm³/mol. The van der Waals surface area contributed by atoms with Crippen molar-refractivity contribution in [1.82, 2.24) is 0 Å². The number of hydrogen-bond donors (Lipinski definition) is 5. The van der Waals surface area contributed by atoms with E-state index in [1.54, 1.807) is 0 Å². The van der Waals surface area contributed by atoms with E-state index < -0.39 is 73.7 Å². The summed E-state index contributed by atoms with van der Waals surface area (Å²) in [5.74, 6) is -1.24. The normalized spacial score (nSPS) is 41.3. The van der Waals surface area contributed by atoms with E-state index in [2.05, 4.69) is 0 Å². The van der Waals surface area contributed by atoms with Crippen molar-refractivity contribution < 1.29 is 58.8 Å². The van der Waals surface area contributed by atoms with Crippen LogP contribution >= 0.6 is 0 Å². The molecule has 0 aliphatic carbocycles. The van der Waals surface area contributed by atoms with Crippen LogP contribution in [-0.2, 0) is 33.3 Å². The van der Waals surface area contributed by atoms with E-state index in [9.17, 15) is 35.1 Å². The number of rotatable bonds is 6. The lowest BCUT2D eigenvalue weighted by Gasteiger charge is -2.44. The Morgan fingerprint density at radius 2 is 1.43 bits per heavy atom. The fraction of sp³-hybridized carbons (Fsp3) is 0.875. The first-order valence-electron chi connectivity index (χ1n) is 8.71. The zero-order chi connectivity index (χ0) is 21.0. The summed E-state index contributed by atoms with van der Waals surface area (Å²) in [5.41, 5.74) is 0. The summed E-state index contributed by atoms with van der Waals surface area (Å²) in [6.07, 6.45) is -12.8. The molecular weight excluding hydrogens is 384 g/mol. The van der Waals surface area contributed by atoms with Crippen molar-refractivity contribution in [3.05, 3.63) is 0 Å². The molecule has 0 aromatic carbocycles. The summed E-state index contributed by atoms with van der Waals surface area (Å²) < 4.78 is 25.8. The van der Waals surface area contributed by atoms with Crippen LogP contribution in [0.4, 0.5) is 0 Å². The molecule has 2 fully saturated rings. The molecule has 28 heavy (non-hydrogen) atoms. The van der Waals surface area contributed by atoms with Gasteiger partial charge in [0.05, 0.1) is 6.61 Å². The molecule has 0 aromatic rings. The molecule has 12 heteroatoms. The molecule has 2 heterocycles. The molecule has 0 radical (unpaired) electrons. The van der Waals surface area contributed by atoms with Crippen molar-refractivity contribution in [2.75, 3.05) is 19.8 Å². The smallest absolute Gasteiger partial charge is 0.302 e. The molecule has 2 aliphatic heterocycles. The predicted octanol–water partition coefficient (Wildman–Crippen LogP) is -3.57.